The Hall–Kier alpha value is -3.48. The third kappa shape index (κ3) is 4.15. The fourth-order valence-corrected chi connectivity index (χ4v) is 3.64. The van der Waals surface area contributed by atoms with E-state index in [1.165, 1.54) is 6.21 Å². The van der Waals surface area contributed by atoms with Gasteiger partial charge >= 0.3 is 0 Å². The Morgan fingerprint density at radius 3 is 2.53 bits per heavy atom. The van der Waals surface area contributed by atoms with Crippen molar-refractivity contribution in [3.8, 4) is 22.8 Å². The number of hydrazone groups is 1. The van der Waals surface area contributed by atoms with Crippen LogP contribution < -0.4 is 14.9 Å². The quantitative estimate of drug-likeness (QED) is 0.309. The second kappa shape index (κ2) is 8.57. The van der Waals surface area contributed by atoms with Crippen molar-refractivity contribution in [3.63, 3.8) is 0 Å². The van der Waals surface area contributed by atoms with Gasteiger partial charge in [0.25, 0.3) is 5.91 Å². The van der Waals surface area contributed by atoms with Crippen molar-refractivity contribution < 1.29 is 18.7 Å². The SMILES string of the molecule is O=C(N/N=C\c1ccc(-c2ccc(Cl)c(Cl)c2)o1)C1COc2cc3ccccc3cc2O1. The van der Waals surface area contributed by atoms with E-state index >= 15 is 0 Å². The van der Waals surface area contributed by atoms with Crippen LogP contribution in [-0.4, -0.2) is 24.8 Å². The van der Waals surface area contributed by atoms with Crippen LogP contribution in [0, 0.1) is 0 Å². The van der Waals surface area contributed by atoms with Gasteiger partial charge in [0.05, 0.1) is 16.3 Å². The average molecular weight is 467 g/mol. The van der Waals surface area contributed by atoms with Crippen LogP contribution in [-0.2, 0) is 4.79 Å². The molecule has 5 rings (SSSR count). The number of amides is 1. The van der Waals surface area contributed by atoms with Gasteiger partial charge in [0.1, 0.15) is 18.1 Å². The number of carbonyl (C=O) groups excluding carboxylic acids is 1. The van der Waals surface area contributed by atoms with Gasteiger partial charge < -0.3 is 13.9 Å². The topological polar surface area (TPSA) is 73.1 Å². The van der Waals surface area contributed by atoms with E-state index in [-0.39, 0.29) is 6.61 Å². The van der Waals surface area contributed by atoms with E-state index in [0.29, 0.717) is 33.1 Å². The lowest BCUT2D eigenvalue weighted by Gasteiger charge is -2.25. The minimum absolute atomic E-state index is 0.0922. The van der Waals surface area contributed by atoms with Crippen molar-refractivity contribution >= 4 is 46.1 Å². The Labute approximate surface area is 193 Å². The Morgan fingerprint density at radius 1 is 0.969 bits per heavy atom. The molecule has 32 heavy (non-hydrogen) atoms. The molecule has 0 radical (unpaired) electrons. The van der Waals surface area contributed by atoms with Gasteiger partial charge in [-0.1, -0.05) is 47.5 Å². The maximum Gasteiger partial charge on any atom is 0.284 e. The molecule has 0 saturated heterocycles. The predicted octanol–water partition coefficient (Wildman–Crippen LogP) is 5.70. The molecule has 1 N–H and O–H groups in total. The van der Waals surface area contributed by atoms with E-state index in [1.807, 2.05) is 36.4 Å². The number of halogens is 2. The van der Waals surface area contributed by atoms with Crippen molar-refractivity contribution in [2.75, 3.05) is 6.61 Å². The van der Waals surface area contributed by atoms with E-state index < -0.39 is 12.0 Å². The molecule has 1 amide bonds. The highest BCUT2D eigenvalue weighted by molar-refractivity contribution is 6.42. The summed E-state index contributed by atoms with van der Waals surface area (Å²) >= 11 is 12.0. The number of carbonyl (C=O) groups is 1. The zero-order chi connectivity index (χ0) is 22.1. The first kappa shape index (κ1) is 20.4. The fraction of sp³-hybridized carbons (Fsp3) is 0.0833. The maximum atomic E-state index is 12.5. The second-order valence-corrected chi connectivity index (χ2v) is 7.94. The zero-order valence-electron chi connectivity index (χ0n) is 16.5. The van der Waals surface area contributed by atoms with Gasteiger partial charge in [-0.15, -0.1) is 0 Å². The molecule has 1 atom stereocenters. The Bertz CT molecular complexity index is 1350. The summed E-state index contributed by atoms with van der Waals surface area (Å²) in [5.41, 5.74) is 3.24. The van der Waals surface area contributed by atoms with Crippen LogP contribution in [0.25, 0.3) is 22.1 Å². The molecule has 0 fully saturated rings. The molecule has 8 heteroatoms. The average Bonchev–Trinajstić information content (AvgIpc) is 3.28. The molecule has 0 saturated carbocycles. The molecule has 0 bridgehead atoms. The number of nitrogens with zero attached hydrogens (tertiary/aromatic N) is 1. The predicted molar refractivity (Wildman–Crippen MR) is 124 cm³/mol. The summed E-state index contributed by atoms with van der Waals surface area (Å²) in [6.07, 6.45) is 0.591. The van der Waals surface area contributed by atoms with Gasteiger partial charge in [-0.05, 0) is 53.2 Å². The van der Waals surface area contributed by atoms with Crippen molar-refractivity contribution in [2.24, 2.45) is 5.10 Å². The molecule has 2 heterocycles. The molecule has 160 valence electrons. The number of rotatable bonds is 4. The van der Waals surface area contributed by atoms with Crippen LogP contribution in [0.2, 0.25) is 10.0 Å². The lowest BCUT2D eigenvalue weighted by molar-refractivity contribution is -0.130. The van der Waals surface area contributed by atoms with Gasteiger partial charge in [0, 0.05) is 5.56 Å². The van der Waals surface area contributed by atoms with Gasteiger partial charge in [-0.3, -0.25) is 4.79 Å². The summed E-state index contributed by atoms with van der Waals surface area (Å²) in [5, 5.41) is 6.91. The lowest BCUT2D eigenvalue weighted by atomic mass is 10.1. The van der Waals surface area contributed by atoms with Crippen LogP contribution in [0.1, 0.15) is 5.76 Å². The Kier molecular flexibility index (Phi) is 5.47. The molecular weight excluding hydrogens is 451 g/mol. The monoisotopic (exact) mass is 466 g/mol. The summed E-state index contributed by atoms with van der Waals surface area (Å²) in [4.78, 5) is 12.5. The molecule has 1 aliphatic rings. The number of hydrogen-bond acceptors (Lipinski definition) is 5. The van der Waals surface area contributed by atoms with E-state index in [9.17, 15) is 4.79 Å². The molecule has 1 aromatic heterocycles. The maximum absolute atomic E-state index is 12.5. The van der Waals surface area contributed by atoms with E-state index in [1.54, 1.807) is 30.3 Å². The normalized spacial score (nSPS) is 15.2. The zero-order valence-corrected chi connectivity index (χ0v) is 18.1. The van der Waals surface area contributed by atoms with Crippen molar-refractivity contribution in [2.45, 2.75) is 6.10 Å². The van der Waals surface area contributed by atoms with Crippen LogP contribution in [0.15, 0.2) is 76.2 Å². The highest BCUT2D eigenvalue weighted by Crippen LogP contribution is 2.36. The summed E-state index contributed by atoms with van der Waals surface area (Å²) in [7, 11) is 0. The third-order valence-electron chi connectivity index (χ3n) is 4.96. The lowest BCUT2D eigenvalue weighted by Crippen LogP contribution is -2.42. The van der Waals surface area contributed by atoms with Gasteiger partial charge in [-0.2, -0.15) is 5.10 Å². The molecule has 1 aliphatic heterocycles. The molecule has 4 aromatic rings. The number of nitrogens with one attached hydrogen (secondary N) is 1. The fourth-order valence-electron chi connectivity index (χ4n) is 3.34. The van der Waals surface area contributed by atoms with Gasteiger partial charge in [0.2, 0.25) is 6.10 Å². The van der Waals surface area contributed by atoms with Gasteiger partial charge in [0.15, 0.2) is 11.5 Å². The summed E-state index contributed by atoms with van der Waals surface area (Å²) < 4.78 is 17.3. The van der Waals surface area contributed by atoms with E-state index in [2.05, 4.69) is 10.5 Å². The number of furan rings is 1. The number of benzene rings is 3. The minimum atomic E-state index is -0.816. The number of fused-ring (bicyclic) bond motifs is 2. The highest BCUT2D eigenvalue weighted by Gasteiger charge is 2.27. The third-order valence-corrected chi connectivity index (χ3v) is 5.70. The first-order chi connectivity index (χ1) is 15.6. The van der Waals surface area contributed by atoms with Crippen LogP contribution in [0.4, 0.5) is 0 Å². The molecule has 6 nitrogen and oxygen atoms in total. The Balaban J connectivity index is 1.23. The second-order valence-electron chi connectivity index (χ2n) is 7.13. The first-order valence-corrected chi connectivity index (χ1v) is 10.5. The first-order valence-electron chi connectivity index (χ1n) is 9.77. The molecule has 0 spiro atoms. The molecule has 3 aromatic carbocycles. The van der Waals surface area contributed by atoms with Crippen LogP contribution in [0.5, 0.6) is 11.5 Å². The van der Waals surface area contributed by atoms with Gasteiger partial charge in [-0.25, -0.2) is 5.43 Å². The van der Waals surface area contributed by atoms with Crippen LogP contribution in [0.3, 0.4) is 0 Å². The smallest absolute Gasteiger partial charge is 0.284 e. The van der Waals surface area contributed by atoms with Crippen molar-refractivity contribution in [3.05, 3.63) is 82.5 Å². The largest absolute Gasteiger partial charge is 0.485 e. The minimum Gasteiger partial charge on any atom is -0.485 e. The molecule has 0 aliphatic carbocycles. The summed E-state index contributed by atoms with van der Waals surface area (Å²) in [6.45, 7) is 0.0922. The number of hydrogen-bond donors (Lipinski definition) is 1. The van der Waals surface area contributed by atoms with Crippen molar-refractivity contribution in [1.82, 2.24) is 5.43 Å². The number of ether oxygens (including phenoxy) is 2. The molecular formula is C24H16Cl2N2O4. The van der Waals surface area contributed by atoms with E-state index in [4.69, 9.17) is 37.1 Å². The standard InChI is InChI=1S/C24H16Cl2N2O4/c25-18-7-5-16(9-19(18)26)20-8-6-17(31-20)12-27-28-24(29)23-13-30-21-10-14-3-1-2-4-15(14)11-22(21)32-23/h1-12,23H,13H2,(H,28,29)/b27-12-. The highest BCUT2D eigenvalue weighted by atomic mass is 35.5. The van der Waals surface area contributed by atoms with Crippen LogP contribution >= 0.6 is 23.2 Å². The summed E-state index contributed by atoms with van der Waals surface area (Å²) in [5.74, 6) is 1.78. The van der Waals surface area contributed by atoms with Crippen molar-refractivity contribution in [1.29, 1.82) is 0 Å². The Morgan fingerprint density at radius 2 is 1.75 bits per heavy atom. The summed E-state index contributed by atoms with van der Waals surface area (Å²) in [6, 6.07) is 20.4. The van der Waals surface area contributed by atoms with E-state index in [0.717, 1.165) is 16.3 Å². The molecule has 1 unspecified atom stereocenters.